The lowest BCUT2D eigenvalue weighted by Gasteiger charge is -2.11. The minimum Gasteiger partial charge on any atom is -0.550 e. The molecule has 0 fully saturated rings. The second-order valence-corrected chi connectivity index (χ2v) is 13.5. The highest BCUT2D eigenvalue weighted by atomic mass is 16.4. The number of carbonyl (C=O) groups is 2. The van der Waals surface area contributed by atoms with Crippen LogP contribution in [0, 0.1) is 5.92 Å². The summed E-state index contributed by atoms with van der Waals surface area (Å²) in [7, 11) is 0. The third-order valence-corrected chi connectivity index (χ3v) is 9.16. The minimum atomic E-state index is -0.905. The molecule has 0 bridgehead atoms. The van der Waals surface area contributed by atoms with E-state index in [0.717, 1.165) is 31.6 Å². The van der Waals surface area contributed by atoms with Crippen molar-refractivity contribution in [3.05, 3.63) is 0 Å². The molecule has 6 heteroatoms. The van der Waals surface area contributed by atoms with Crippen molar-refractivity contribution in [2.45, 2.75) is 225 Å². The Balaban J connectivity index is -0.00000840. The number of unbranched alkanes of at least 4 members (excludes halogenated alkanes) is 28. The Morgan fingerprint density at radius 3 is 0.682 bits per heavy atom. The normalized spacial score (nSPS) is 11.0. The number of carbonyl (C=O) groups excluding carboxylic acids is 2. The molecule has 0 aromatic rings. The molecule has 44 heavy (non-hydrogen) atoms. The quantitative estimate of drug-likeness (QED) is 0.0662. The topological polar surface area (TPSA) is 153 Å². The number of carboxylic acids is 2. The molecule has 0 rings (SSSR count). The van der Waals surface area contributed by atoms with Gasteiger partial charge in [-0.1, -0.05) is 200 Å². The van der Waals surface area contributed by atoms with E-state index < -0.39 is 11.9 Å². The first-order valence-electron chi connectivity index (χ1n) is 18.9. The zero-order valence-corrected chi connectivity index (χ0v) is 30.3. The highest BCUT2D eigenvalue weighted by molar-refractivity contribution is 5.64. The summed E-state index contributed by atoms with van der Waals surface area (Å²) in [6.45, 7) is 2.47. The number of carboxylic acid groups (broad SMARTS) is 2. The van der Waals surface area contributed by atoms with Gasteiger partial charge in [-0.05, 0) is 31.6 Å². The van der Waals surface area contributed by atoms with Crippen molar-refractivity contribution in [1.82, 2.24) is 12.3 Å². The Hall–Kier alpha value is -1.14. The Bertz CT molecular complexity index is 525. The number of rotatable bonds is 36. The highest BCUT2D eigenvalue weighted by Crippen LogP contribution is 2.20. The molecule has 0 aliphatic rings. The summed E-state index contributed by atoms with van der Waals surface area (Å²) in [5.41, 5.74) is 0. The van der Waals surface area contributed by atoms with Gasteiger partial charge in [0.05, 0.1) is 0 Å². The fourth-order valence-electron chi connectivity index (χ4n) is 6.26. The Kier molecular flexibility index (Phi) is 42.8. The summed E-state index contributed by atoms with van der Waals surface area (Å²) in [4.78, 5) is 20.7. The SMILES string of the molecule is CC(CCCCCCCCCCCCCCCCCC(=O)[O-])CCCCCCCCCCCCCCCCCC(=O)[O-].[NH4+].[NH4+]. The van der Waals surface area contributed by atoms with Crippen LogP contribution in [0.5, 0.6) is 0 Å². The lowest BCUT2D eigenvalue weighted by molar-refractivity contribution is -0.307. The lowest BCUT2D eigenvalue weighted by atomic mass is 9.95. The molecule has 8 N–H and O–H groups in total. The first-order valence-corrected chi connectivity index (χ1v) is 18.9. The molecule has 0 aliphatic heterocycles. The van der Waals surface area contributed by atoms with Crippen LogP contribution in [0.15, 0.2) is 0 Å². The van der Waals surface area contributed by atoms with Gasteiger partial charge in [-0.15, -0.1) is 0 Å². The van der Waals surface area contributed by atoms with Crippen molar-refractivity contribution in [2.24, 2.45) is 5.92 Å². The second-order valence-electron chi connectivity index (χ2n) is 13.5. The third-order valence-electron chi connectivity index (χ3n) is 9.16. The molecular formula is C38H80N2O4. The molecule has 0 aliphatic carbocycles. The first-order chi connectivity index (χ1) is 20.5. The molecule has 0 aromatic heterocycles. The molecular weight excluding hydrogens is 548 g/mol. The van der Waals surface area contributed by atoms with E-state index in [9.17, 15) is 19.8 Å². The van der Waals surface area contributed by atoms with Crippen LogP contribution >= 0.6 is 0 Å². The summed E-state index contributed by atoms with van der Waals surface area (Å²) in [5.74, 6) is -0.898. The molecule has 0 saturated carbocycles. The summed E-state index contributed by atoms with van der Waals surface area (Å²) < 4.78 is 0. The van der Waals surface area contributed by atoms with Crippen LogP contribution in [0.1, 0.15) is 225 Å². The van der Waals surface area contributed by atoms with E-state index in [1.807, 2.05) is 0 Å². The molecule has 0 saturated heterocycles. The van der Waals surface area contributed by atoms with Gasteiger partial charge in [-0.25, -0.2) is 0 Å². The predicted molar refractivity (Wildman–Crippen MR) is 188 cm³/mol. The summed E-state index contributed by atoms with van der Waals surface area (Å²) in [5, 5.41) is 20.7. The maximum atomic E-state index is 10.4. The van der Waals surface area contributed by atoms with Crippen LogP contribution < -0.4 is 22.5 Å². The van der Waals surface area contributed by atoms with E-state index in [4.69, 9.17) is 0 Å². The standard InChI is InChI=1S/C38H74O4.2H3N/c1-36(32-28-24-20-16-12-8-4-2-6-10-14-18-22-26-30-34-37(39)40)33-29-25-21-17-13-9-5-3-7-11-15-19-23-27-31-35-38(41)42;;/h36H,2-35H2,1H3,(H,39,40)(H,41,42);2*1H3. The predicted octanol–water partition coefficient (Wildman–Crippen LogP) is 11.1. The molecule has 0 radical (unpaired) electrons. The van der Waals surface area contributed by atoms with E-state index >= 15 is 0 Å². The van der Waals surface area contributed by atoms with E-state index in [2.05, 4.69) is 6.92 Å². The van der Waals surface area contributed by atoms with E-state index in [0.29, 0.717) is 0 Å². The second kappa shape index (κ2) is 39.9. The zero-order chi connectivity index (χ0) is 30.8. The first kappa shape index (κ1) is 47.3. The van der Waals surface area contributed by atoms with Crippen molar-refractivity contribution >= 4 is 11.9 Å². The Labute approximate surface area is 274 Å². The van der Waals surface area contributed by atoms with Gasteiger partial charge < -0.3 is 32.1 Å². The lowest BCUT2D eigenvalue weighted by Crippen LogP contribution is -2.21. The van der Waals surface area contributed by atoms with Crippen LogP contribution in [-0.4, -0.2) is 11.9 Å². The highest BCUT2D eigenvalue weighted by Gasteiger charge is 2.03. The van der Waals surface area contributed by atoms with Crippen molar-refractivity contribution in [3.63, 3.8) is 0 Å². The number of quaternary nitrogens is 2. The summed E-state index contributed by atoms with van der Waals surface area (Å²) in [6, 6.07) is 0. The van der Waals surface area contributed by atoms with Crippen LogP contribution in [0.25, 0.3) is 0 Å². The fraction of sp³-hybridized carbons (Fsp3) is 0.947. The van der Waals surface area contributed by atoms with Crippen LogP contribution in [0.3, 0.4) is 0 Å². The monoisotopic (exact) mass is 629 g/mol. The zero-order valence-electron chi connectivity index (χ0n) is 30.3. The minimum absolute atomic E-state index is 0. The maximum absolute atomic E-state index is 10.4. The average molecular weight is 629 g/mol. The van der Waals surface area contributed by atoms with Gasteiger partial charge in [0.15, 0.2) is 0 Å². The van der Waals surface area contributed by atoms with Gasteiger partial charge >= 0.3 is 0 Å². The molecule has 6 nitrogen and oxygen atoms in total. The number of hydrogen-bond donors (Lipinski definition) is 2. The number of aliphatic carboxylic acids is 2. The fourth-order valence-corrected chi connectivity index (χ4v) is 6.26. The molecule has 0 heterocycles. The van der Waals surface area contributed by atoms with Gasteiger partial charge in [0.2, 0.25) is 0 Å². The molecule has 0 atom stereocenters. The molecule has 0 aromatic carbocycles. The largest absolute Gasteiger partial charge is 0.550 e. The Morgan fingerprint density at radius 1 is 0.341 bits per heavy atom. The van der Waals surface area contributed by atoms with Crippen LogP contribution in [0.2, 0.25) is 0 Å². The van der Waals surface area contributed by atoms with Crippen molar-refractivity contribution in [2.75, 3.05) is 0 Å². The average Bonchev–Trinajstić information content (AvgIpc) is 2.96. The number of hydrogen-bond acceptors (Lipinski definition) is 4. The van der Waals surface area contributed by atoms with Gasteiger partial charge in [-0.3, -0.25) is 0 Å². The maximum Gasteiger partial charge on any atom is 0.0414 e. The molecule has 0 amide bonds. The smallest absolute Gasteiger partial charge is 0.0414 e. The van der Waals surface area contributed by atoms with Crippen molar-refractivity contribution < 1.29 is 19.8 Å². The van der Waals surface area contributed by atoms with Crippen molar-refractivity contribution in [3.8, 4) is 0 Å². The van der Waals surface area contributed by atoms with E-state index in [-0.39, 0.29) is 25.1 Å². The Morgan fingerprint density at radius 2 is 0.500 bits per heavy atom. The van der Waals surface area contributed by atoms with E-state index in [1.54, 1.807) is 0 Å². The molecule has 266 valence electrons. The van der Waals surface area contributed by atoms with Crippen LogP contribution in [-0.2, 0) is 9.59 Å². The van der Waals surface area contributed by atoms with Gasteiger partial charge in [0.1, 0.15) is 0 Å². The van der Waals surface area contributed by atoms with Gasteiger partial charge in [0.25, 0.3) is 0 Å². The summed E-state index contributed by atoms with van der Waals surface area (Å²) >= 11 is 0. The van der Waals surface area contributed by atoms with Crippen molar-refractivity contribution in [1.29, 1.82) is 0 Å². The molecule has 0 unspecified atom stereocenters. The third kappa shape index (κ3) is 43.0. The van der Waals surface area contributed by atoms with E-state index in [1.165, 1.54) is 180 Å². The molecule has 0 spiro atoms. The van der Waals surface area contributed by atoms with Gasteiger partial charge in [0, 0.05) is 11.9 Å². The summed E-state index contributed by atoms with van der Waals surface area (Å²) in [6.07, 6.45) is 42.6. The van der Waals surface area contributed by atoms with Gasteiger partial charge in [-0.2, -0.15) is 0 Å². The van der Waals surface area contributed by atoms with Crippen LogP contribution in [0.4, 0.5) is 0 Å².